The van der Waals surface area contributed by atoms with E-state index >= 15 is 0 Å². The summed E-state index contributed by atoms with van der Waals surface area (Å²) in [5.41, 5.74) is 0. The molecule has 122 valence electrons. The van der Waals surface area contributed by atoms with Crippen molar-refractivity contribution < 1.29 is 76.7 Å². The van der Waals surface area contributed by atoms with Crippen LogP contribution in [0.5, 0.6) is 0 Å². The van der Waals surface area contributed by atoms with Crippen LogP contribution >= 0.6 is 0 Å². The first-order chi connectivity index (χ1) is 5.24. The van der Waals surface area contributed by atoms with E-state index in [1.165, 1.54) is 0 Å². The van der Waals surface area contributed by atoms with E-state index in [0.717, 1.165) is 0 Å². The third kappa shape index (κ3) is 14.2. The molecule has 20 heteroatoms. The van der Waals surface area contributed by atoms with E-state index in [1.807, 2.05) is 0 Å². The summed E-state index contributed by atoms with van der Waals surface area (Å²) < 4.78 is 22.6. The summed E-state index contributed by atoms with van der Waals surface area (Å²) in [7, 11) is -5.20. The van der Waals surface area contributed by atoms with Crippen molar-refractivity contribution in [2.45, 2.75) is 0 Å². The van der Waals surface area contributed by atoms with E-state index in [0.29, 0.717) is 0 Å². The van der Waals surface area contributed by atoms with Crippen LogP contribution < -0.4 is 0 Å². The van der Waals surface area contributed by atoms with Gasteiger partial charge < -0.3 is 76.7 Å². The van der Waals surface area contributed by atoms with Gasteiger partial charge in [-0.1, -0.05) is 0 Å². The van der Waals surface area contributed by atoms with E-state index in [1.54, 1.807) is 0 Å². The van der Waals surface area contributed by atoms with Crippen molar-refractivity contribution in [3.8, 4) is 0 Å². The summed E-state index contributed by atoms with van der Waals surface area (Å²) >= 11 is 0. The van der Waals surface area contributed by atoms with E-state index < -0.39 is 29.3 Å². The van der Waals surface area contributed by atoms with Crippen molar-refractivity contribution in [1.82, 2.24) is 0 Å². The predicted molar refractivity (Wildman–Crippen MR) is 68.9 cm³/mol. The van der Waals surface area contributed by atoms with Crippen molar-refractivity contribution in [3.63, 3.8) is 0 Å². The fourth-order valence-electron chi connectivity index (χ4n) is 0.728. The number of hydrogen-bond acceptors (Lipinski definition) is 7. The van der Waals surface area contributed by atoms with Crippen molar-refractivity contribution in [2.75, 3.05) is 0 Å². The Hall–Kier alpha value is 1.30. The molecule has 2 rings (SSSR count). The van der Waals surface area contributed by atoms with Crippen LogP contribution in [0.1, 0.15) is 0 Å². The number of hydrogen-bond donors (Lipinski definition) is 2. The Balaban J connectivity index is -0.0000000267. The Kier molecular flexibility index (Phi) is 56.0. The maximum atomic E-state index is 8.74. The van der Waals surface area contributed by atoms with Gasteiger partial charge in [0.05, 0.1) is 0 Å². The molecular formula is H19B4KO15. The molecule has 15 nitrogen and oxygen atoms in total. The Labute approximate surface area is 156 Å². The Morgan fingerprint density at radius 1 is 0.450 bits per heavy atom. The molecule has 2 fully saturated rings. The second-order valence-electron chi connectivity index (χ2n) is 1.87. The molecule has 0 aromatic heterocycles. The standard InChI is InChI=1S/B4H2O7.K.8H2O.H/c5-1-7-3-9-2(6)10-4(8-1)11-3;;;;;;;;;;/h5-6H;;8*1H2;. The van der Waals surface area contributed by atoms with Crippen LogP contribution in [-0.4, -0.2) is 135 Å². The monoisotopic (exact) mass is 342 g/mol. The van der Waals surface area contributed by atoms with Gasteiger partial charge in [-0.15, -0.1) is 0 Å². The molecular weight excluding hydrogens is 322 g/mol. The number of rotatable bonds is 0. The molecule has 0 aromatic carbocycles. The first kappa shape index (κ1) is 49.6. The van der Waals surface area contributed by atoms with Crippen molar-refractivity contribution in [2.24, 2.45) is 0 Å². The van der Waals surface area contributed by atoms with Gasteiger partial charge >= 0.3 is 80.7 Å². The van der Waals surface area contributed by atoms with E-state index in [2.05, 4.69) is 22.9 Å². The van der Waals surface area contributed by atoms with Gasteiger partial charge in [0, 0.05) is 0 Å². The number of fused-ring (bicyclic) bond motifs is 2. The molecule has 0 saturated carbocycles. The molecule has 20 heavy (non-hydrogen) atoms. The summed E-state index contributed by atoms with van der Waals surface area (Å²) in [6, 6.07) is 0. The van der Waals surface area contributed by atoms with Gasteiger partial charge in [-0.3, -0.25) is 0 Å². The molecule has 0 atom stereocenters. The Bertz CT molecular complexity index is 125. The topological polar surface area (TPSA) is 339 Å². The average Bonchev–Trinajstić information content (AvgIpc) is 1.82. The zero-order valence-electron chi connectivity index (χ0n) is 9.25. The molecule has 0 spiro atoms. The van der Waals surface area contributed by atoms with Crippen LogP contribution in [-0.2, 0) is 22.9 Å². The fraction of sp³-hybridized carbons (Fsp3) is 0. The summed E-state index contributed by atoms with van der Waals surface area (Å²) in [5, 5.41) is 17.5. The van der Waals surface area contributed by atoms with Crippen LogP contribution in [0.3, 0.4) is 0 Å². The van der Waals surface area contributed by atoms with Crippen LogP contribution in [0.2, 0.25) is 0 Å². The quantitative estimate of drug-likeness (QED) is 0.399. The molecule has 0 aliphatic carbocycles. The molecule has 2 aliphatic rings. The Morgan fingerprint density at radius 2 is 0.650 bits per heavy atom. The van der Waals surface area contributed by atoms with Gasteiger partial charge in [0.25, 0.3) is 0 Å². The summed E-state index contributed by atoms with van der Waals surface area (Å²) in [6.07, 6.45) is 0. The molecule has 0 unspecified atom stereocenters. The van der Waals surface area contributed by atoms with Crippen LogP contribution in [0.4, 0.5) is 0 Å². The Morgan fingerprint density at radius 3 is 0.850 bits per heavy atom. The molecule has 0 amide bonds. The van der Waals surface area contributed by atoms with Crippen molar-refractivity contribution >= 4 is 80.7 Å². The van der Waals surface area contributed by atoms with Crippen molar-refractivity contribution in [3.05, 3.63) is 0 Å². The average molecular weight is 341 g/mol. The minimum absolute atomic E-state index is 0. The summed E-state index contributed by atoms with van der Waals surface area (Å²) in [6.45, 7) is 0. The molecule has 0 aromatic rings. The van der Waals surface area contributed by atoms with Gasteiger partial charge in [-0.25, -0.2) is 0 Å². The van der Waals surface area contributed by atoms with Gasteiger partial charge in [-0.2, -0.15) is 0 Å². The van der Waals surface area contributed by atoms with Gasteiger partial charge in [-0.05, 0) is 0 Å². The first-order valence-electron chi connectivity index (χ1n) is 2.87. The molecule has 18 N–H and O–H groups in total. The zero-order valence-corrected chi connectivity index (χ0v) is 9.25. The summed E-state index contributed by atoms with van der Waals surface area (Å²) in [5.74, 6) is 0. The van der Waals surface area contributed by atoms with E-state index in [4.69, 9.17) is 10.0 Å². The molecule has 2 bridgehead atoms. The zero-order chi connectivity index (χ0) is 7.84. The minimum atomic E-state index is -1.45. The third-order valence-electron chi connectivity index (χ3n) is 1.13. The van der Waals surface area contributed by atoms with Gasteiger partial charge in [0.1, 0.15) is 0 Å². The van der Waals surface area contributed by atoms with Crippen LogP contribution in [0.25, 0.3) is 0 Å². The normalized spacial score (nSPS) is 13.5. The van der Waals surface area contributed by atoms with E-state index in [-0.39, 0.29) is 95.2 Å². The fourth-order valence-corrected chi connectivity index (χ4v) is 0.728. The second kappa shape index (κ2) is 22.6. The molecule has 0 radical (unpaired) electrons. The molecule has 2 heterocycles. The van der Waals surface area contributed by atoms with Gasteiger partial charge in [0.2, 0.25) is 0 Å². The van der Waals surface area contributed by atoms with Crippen molar-refractivity contribution in [1.29, 1.82) is 0 Å². The maximum absolute atomic E-state index is 8.74. The van der Waals surface area contributed by atoms with Gasteiger partial charge in [0.15, 0.2) is 0 Å². The van der Waals surface area contributed by atoms with Crippen LogP contribution in [0, 0.1) is 0 Å². The third-order valence-corrected chi connectivity index (χ3v) is 1.13. The summed E-state index contributed by atoms with van der Waals surface area (Å²) in [4.78, 5) is 0. The predicted octanol–water partition coefficient (Wildman–Crippen LogP) is -10.2. The SMILES string of the molecule is O.O.O.O.O.O.O.O.OB1OB2OB(O)OB(O1)O2.[KH]. The molecule has 2 aliphatic heterocycles. The second-order valence-corrected chi connectivity index (χ2v) is 1.87. The first-order valence-corrected chi connectivity index (χ1v) is 2.87. The van der Waals surface area contributed by atoms with E-state index in [9.17, 15) is 0 Å². The molecule has 2 saturated heterocycles. The van der Waals surface area contributed by atoms with Crippen LogP contribution in [0.15, 0.2) is 0 Å².